The van der Waals surface area contributed by atoms with Crippen LogP contribution >= 0.6 is 0 Å². The number of aromatic nitrogens is 3. The highest BCUT2D eigenvalue weighted by Crippen LogP contribution is 2.45. The standard InChI is InChI=1S/C34H33F6N5O6S/c1-31(2,3)51-30(47)42-25-15-33(36,37)22-14-23(35)21(27-43-44-29(50-27)32(4,5)52(6,48)49)13-26(22)45(28(25)46)17-18-7-9-19(10-8-18)24-12-11-20(16-41-24)34(38,39)40/h7-14,16,25H,15,17H2,1-6H3,(H,42,47)/t25-/m1/s1. The molecule has 4 aromatic rings. The maximum absolute atomic E-state index is 16.0. The van der Waals surface area contributed by atoms with E-state index in [1.165, 1.54) is 65.0 Å². The number of anilines is 1. The van der Waals surface area contributed by atoms with Crippen molar-refractivity contribution in [3.05, 3.63) is 83.1 Å². The van der Waals surface area contributed by atoms with Gasteiger partial charge in [0, 0.05) is 30.0 Å². The lowest BCUT2D eigenvalue weighted by Gasteiger charge is -2.27. The van der Waals surface area contributed by atoms with Crippen molar-refractivity contribution in [1.29, 1.82) is 0 Å². The van der Waals surface area contributed by atoms with Crippen molar-refractivity contribution in [3.63, 3.8) is 0 Å². The van der Waals surface area contributed by atoms with Crippen molar-refractivity contribution in [2.24, 2.45) is 0 Å². The van der Waals surface area contributed by atoms with Gasteiger partial charge in [0.2, 0.25) is 11.8 Å². The summed E-state index contributed by atoms with van der Waals surface area (Å²) in [6.07, 6.45) is -5.39. The summed E-state index contributed by atoms with van der Waals surface area (Å²) < 4.78 is 120. The molecule has 1 atom stereocenters. The van der Waals surface area contributed by atoms with Crippen molar-refractivity contribution < 1.29 is 53.5 Å². The lowest BCUT2D eigenvalue weighted by Crippen LogP contribution is -2.49. The molecule has 1 aliphatic heterocycles. The van der Waals surface area contributed by atoms with Crippen LogP contribution in [0.5, 0.6) is 0 Å². The Hall–Kier alpha value is -5.00. The topological polar surface area (TPSA) is 145 Å². The van der Waals surface area contributed by atoms with Crippen LogP contribution in [-0.2, 0) is 42.8 Å². The maximum atomic E-state index is 16.0. The van der Waals surface area contributed by atoms with Gasteiger partial charge in [-0.15, -0.1) is 10.2 Å². The van der Waals surface area contributed by atoms with Crippen LogP contribution in [0, 0.1) is 5.82 Å². The number of rotatable bonds is 7. The second-order valence-corrected chi connectivity index (χ2v) is 16.3. The monoisotopic (exact) mass is 753 g/mol. The Balaban J connectivity index is 1.58. The van der Waals surface area contributed by atoms with Crippen LogP contribution in [0.2, 0.25) is 0 Å². The van der Waals surface area contributed by atoms with Crippen molar-refractivity contribution in [3.8, 4) is 22.7 Å². The average molecular weight is 754 g/mol. The number of amides is 2. The molecule has 3 heterocycles. The Morgan fingerprint density at radius 2 is 1.69 bits per heavy atom. The number of halogens is 6. The minimum atomic E-state index is -4.58. The number of alkyl carbamates (subject to hydrolysis) is 1. The highest BCUT2D eigenvalue weighted by Gasteiger charge is 2.47. The van der Waals surface area contributed by atoms with E-state index in [0.29, 0.717) is 23.4 Å². The first-order valence-corrected chi connectivity index (χ1v) is 17.5. The number of ether oxygens (including phenoxy) is 1. The van der Waals surface area contributed by atoms with Crippen LogP contribution < -0.4 is 10.2 Å². The van der Waals surface area contributed by atoms with Gasteiger partial charge in [-0.05, 0) is 64.4 Å². The van der Waals surface area contributed by atoms with Crippen molar-refractivity contribution >= 4 is 27.5 Å². The largest absolute Gasteiger partial charge is 0.444 e. The molecule has 18 heteroatoms. The third kappa shape index (κ3) is 7.90. The molecule has 1 N–H and O–H groups in total. The zero-order chi connectivity index (χ0) is 38.6. The molecule has 2 aromatic carbocycles. The molecule has 5 rings (SSSR count). The molecule has 0 spiro atoms. The number of carbonyl (C=O) groups excluding carboxylic acids is 2. The van der Waals surface area contributed by atoms with E-state index in [0.717, 1.165) is 23.3 Å². The van der Waals surface area contributed by atoms with Crippen LogP contribution in [-0.4, -0.2) is 53.5 Å². The van der Waals surface area contributed by atoms with Gasteiger partial charge in [0.05, 0.1) is 29.1 Å². The van der Waals surface area contributed by atoms with Gasteiger partial charge in [-0.2, -0.15) is 13.2 Å². The van der Waals surface area contributed by atoms with E-state index < -0.39 is 103 Å². The maximum Gasteiger partial charge on any atom is 0.417 e. The summed E-state index contributed by atoms with van der Waals surface area (Å²) in [5, 5.41) is 9.70. The molecular weight excluding hydrogens is 720 g/mol. The van der Waals surface area contributed by atoms with Crippen LogP contribution in [0.25, 0.3) is 22.7 Å². The summed E-state index contributed by atoms with van der Waals surface area (Å²) in [5.41, 5.74) is -2.93. The smallest absolute Gasteiger partial charge is 0.417 e. The summed E-state index contributed by atoms with van der Waals surface area (Å²) in [6.45, 7) is 6.76. The van der Waals surface area contributed by atoms with Crippen molar-refractivity contribution in [2.45, 2.75) is 76.1 Å². The third-order valence-corrected chi connectivity index (χ3v) is 10.3. The number of pyridine rings is 1. The molecule has 0 saturated carbocycles. The van der Waals surface area contributed by atoms with E-state index in [-0.39, 0.29) is 5.69 Å². The zero-order valence-corrected chi connectivity index (χ0v) is 29.4. The van der Waals surface area contributed by atoms with Crippen LogP contribution in [0.1, 0.15) is 63.6 Å². The van der Waals surface area contributed by atoms with Gasteiger partial charge in [-0.3, -0.25) is 9.78 Å². The number of hydrogen-bond acceptors (Lipinski definition) is 9. The number of sulfone groups is 1. The van der Waals surface area contributed by atoms with E-state index in [1.54, 1.807) is 0 Å². The second-order valence-electron chi connectivity index (χ2n) is 13.7. The fourth-order valence-electron chi connectivity index (χ4n) is 5.16. The highest BCUT2D eigenvalue weighted by molar-refractivity contribution is 7.91. The van der Waals surface area contributed by atoms with Gasteiger partial charge in [-0.25, -0.2) is 26.4 Å². The predicted octanol–water partition coefficient (Wildman–Crippen LogP) is 7.16. The SMILES string of the molecule is CC(C)(C)OC(=O)N[C@@H]1CC(F)(F)c2cc(F)c(-c3nnc(C(C)(C)S(C)(=O)=O)o3)cc2N(Cc2ccc(-c3ccc(C(F)(F)F)cn3)cc2)C1=O. The number of alkyl halides is 5. The summed E-state index contributed by atoms with van der Waals surface area (Å²) >= 11 is 0. The molecule has 52 heavy (non-hydrogen) atoms. The number of fused-ring (bicyclic) bond motifs is 1. The zero-order valence-electron chi connectivity index (χ0n) is 28.6. The Kier molecular flexibility index (Phi) is 9.71. The minimum Gasteiger partial charge on any atom is -0.444 e. The van der Waals surface area contributed by atoms with Gasteiger partial charge >= 0.3 is 12.3 Å². The molecule has 11 nitrogen and oxygen atoms in total. The molecule has 278 valence electrons. The molecule has 0 unspecified atom stereocenters. The number of hydrogen-bond donors (Lipinski definition) is 1. The lowest BCUT2D eigenvalue weighted by atomic mass is 9.99. The van der Waals surface area contributed by atoms with Gasteiger partial charge in [-0.1, -0.05) is 24.3 Å². The van der Waals surface area contributed by atoms with E-state index in [4.69, 9.17) is 9.15 Å². The number of benzene rings is 2. The Morgan fingerprint density at radius 1 is 1.04 bits per heavy atom. The predicted molar refractivity (Wildman–Crippen MR) is 175 cm³/mol. The van der Waals surface area contributed by atoms with Crippen LogP contribution in [0.15, 0.2) is 59.1 Å². The van der Waals surface area contributed by atoms with E-state index >= 15 is 13.2 Å². The van der Waals surface area contributed by atoms with E-state index in [9.17, 15) is 31.2 Å². The summed E-state index contributed by atoms with van der Waals surface area (Å²) in [6, 6.07) is 7.57. The summed E-state index contributed by atoms with van der Waals surface area (Å²) in [4.78, 5) is 31.5. The molecule has 0 radical (unpaired) electrons. The highest BCUT2D eigenvalue weighted by atomic mass is 32.2. The average Bonchev–Trinajstić information content (AvgIpc) is 3.50. The van der Waals surface area contributed by atoms with Crippen molar-refractivity contribution in [2.75, 3.05) is 11.2 Å². The molecule has 0 fully saturated rings. The normalized spacial score (nSPS) is 16.7. The molecule has 0 aliphatic carbocycles. The Labute approximate surface area is 294 Å². The molecule has 2 amide bonds. The second kappa shape index (κ2) is 13.2. The number of nitrogens with zero attached hydrogens (tertiary/aromatic N) is 4. The van der Waals surface area contributed by atoms with Crippen LogP contribution in [0.4, 0.5) is 36.8 Å². The van der Waals surface area contributed by atoms with Crippen molar-refractivity contribution in [1.82, 2.24) is 20.5 Å². The molecule has 1 aliphatic rings. The molecular formula is C34H33F6N5O6S. The Bertz CT molecular complexity index is 2110. The van der Waals surface area contributed by atoms with E-state index in [1.807, 2.05) is 0 Å². The quantitative estimate of drug-likeness (QED) is 0.195. The minimum absolute atomic E-state index is 0.204. The van der Waals surface area contributed by atoms with Crippen LogP contribution in [0.3, 0.4) is 0 Å². The first-order chi connectivity index (χ1) is 23.9. The first-order valence-electron chi connectivity index (χ1n) is 15.6. The molecule has 0 saturated heterocycles. The van der Waals surface area contributed by atoms with Gasteiger partial charge in [0.1, 0.15) is 22.2 Å². The fraction of sp³-hybridized carbons (Fsp3) is 0.382. The summed E-state index contributed by atoms with van der Waals surface area (Å²) in [5.74, 6) is -7.11. The molecule has 2 aromatic heterocycles. The Morgan fingerprint density at radius 3 is 2.25 bits per heavy atom. The van der Waals surface area contributed by atoms with Gasteiger partial charge in [0.15, 0.2) is 9.84 Å². The molecule has 0 bridgehead atoms. The number of carbonyl (C=O) groups is 2. The van der Waals surface area contributed by atoms with E-state index in [2.05, 4.69) is 20.5 Å². The van der Waals surface area contributed by atoms with Gasteiger partial charge < -0.3 is 19.4 Å². The first kappa shape index (κ1) is 38.2. The number of nitrogens with one attached hydrogen (secondary N) is 1. The lowest BCUT2D eigenvalue weighted by molar-refractivity contribution is -0.137. The summed E-state index contributed by atoms with van der Waals surface area (Å²) in [7, 11) is -3.81. The fourth-order valence-corrected chi connectivity index (χ4v) is 5.56. The van der Waals surface area contributed by atoms with Gasteiger partial charge in [0.25, 0.3) is 11.8 Å². The third-order valence-electron chi connectivity index (χ3n) is 8.26.